The third-order valence-electron chi connectivity index (χ3n) is 4.52. The molecule has 0 unspecified atom stereocenters. The number of nitrogens with one attached hydrogen (secondary N) is 1. The van der Waals surface area contributed by atoms with Gasteiger partial charge in [0.1, 0.15) is 0 Å². The second-order valence-corrected chi connectivity index (χ2v) is 6.22. The van der Waals surface area contributed by atoms with Gasteiger partial charge in [0.2, 0.25) is 0 Å². The van der Waals surface area contributed by atoms with Crippen molar-refractivity contribution in [2.45, 2.75) is 32.7 Å². The largest absolute Gasteiger partial charge is 0.383 e. The monoisotopic (exact) mass is 330 g/mol. The lowest BCUT2D eigenvalue weighted by Crippen LogP contribution is -2.21. The Hall–Kier alpha value is -1.92. The highest BCUT2D eigenvalue weighted by Gasteiger charge is 2.22. The van der Waals surface area contributed by atoms with E-state index in [0.29, 0.717) is 12.6 Å². The molecular formula is C18H26N4O2. The van der Waals surface area contributed by atoms with Gasteiger partial charge in [-0.05, 0) is 32.8 Å². The van der Waals surface area contributed by atoms with Crippen molar-refractivity contribution in [1.82, 2.24) is 14.8 Å². The van der Waals surface area contributed by atoms with Crippen LogP contribution in [0.3, 0.4) is 0 Å². The van der Waals surface area contributed by atoms with Crippen LogP contribution in [-0.4, -0.2) is 48.2 Å². The summed E-state index contributed by atoms with van der Waals surface area (Å²) in [5.41, 5.74) is 5.54. The van der Waals surface area contributed by atoms with Gasteiger partial charge < -0.3 is 14.8 Å². The van der Waals surface area contributed by atoms with E-state index in [9.17, 15) is 0 Å². The lowest BCUT2D eigenvalue weighted by atomic mass is 10.0. The highest BCUT2D eigenvalue weighted by Crippen LogP contribution is 2.32. The number of methoxy groups -OCH3 is 1. The number of aromatic nitrogens is 3. The first kappa shape index (κ1) is 16.9. The molecule has 2 aromatic heterocycles. The van der Waals surface area contributed by atoms with E-state index in [1.165, 1.54) is 11.3 Å². The first-order chi connectivity index (χ1) is 11.7. The number of aryl methyl sites for hydroxylation is 1. The third kappa shape index (κ3) is 3.60. The summed E-state index contributed by atoms with van der Waals surface area (Å²) < 4.78 is 12.7. The molecule has 3 heterocycles. The quantitative estimate of drug-likeness (QED) is 0.825. The fourth-order valence-corrected chi connectivity index (χ4v) is 3.34. The molecule has 1 N–H and O–H groups in total. The van der Waals surface area contributed by atoms with Crippen molar-refractivity contribution in [2.24, 2.45) is 0 Å². The smallest absolute Gasteiger partial charge is 0.0675 e. The van der Waals surface area contributed by atoms with Gasteiger partial charge in [0.25, 0.3) is 0 Å². The normalized spacial score (nSPS) is 15.6. The number of hydrogen-bond donors (Lipinski definition) is 1. The van der Waals surface area contributed by atoms with E-state index in [4.69, 9.17) is 14.6 Å². The van der Waals surface area contributed by atoms with Crippen LogP contribution in [-0.2, 0) is 9.47 Å². The van der Waals surface area contributed by atoms with Crippen molar-refractivity contribution >= 4 is 5.69 Å². The van der Waals surface area contributed by atoms with Crippen LogP contribution in [0.4, 0.5) is 5.69 Å². The van der Waals surface area contributed by atoms with Crippen LogP contribution in [0.1, 0.15) is 30.3 Å². The molecule has 0 amide bonds. The van der Waals surface area contributed by atoms with E-state index in [0.717, 1.165) is 49.5 Å². The minimum Gasteiger partial charge on any atom is -0.383 e. The van der Waals surface area contributed by atoms with Crippen molar-refractivity contribution < 1.29 is 9.47 Å². The van der Waals surface area contributed by atoms with Gasteiger partial charge in [0.15, 0.2) is 0 Å². The Balaban J connectivity index is 1.86. The van der Waals surface area contributed by atoms with Gasteiger partial charge in [-0.2, -0.15) is 5.10 Å². The molecule has 24 heavy (non-hydrogen) atoms. The Morgan fingerprint density at radius 3 is 2.83 bits per heavy atom. The predicted octanol–water partition coefficient (Wildman–Crippen LogP) is 2.97. The molecule has 1 fully saturated rings. The molecule has 1 aliphatic heterocycles. The molecule has 130 valence electrons. The van der Waals surface area contributed by atoms with Gasteiger partial charge in [-0.25, -0.2) is 0 Å². The fourth-order valence-electron chi connectivity index (χ4n) is 3.34. The summed E-state index contributed by atoms with van der Waals surface area (Å²) in [5.74, 6) is 0. The molecule has 0 radical (unpaired) electrons. The van der Waals surface area contributed by atoms with Gasteiger partial charge in [-0.15, -0.1) is 0 Å². The molecule has 0 saturated carbocycles. The standard InChI is InChI=1S/C18H26N4O2/c1-13-18(14(2)22(21-13)17-4-7-24-8-5-17)15-10-16(12-19-11-15)20-6-9-23-3/h10-12,17,20H,4-9H2,1-3H3. The topological polar surface area (TPSA) is 61.2 Å². The van der Waals surface area contributed by atoms with Crippen LogP contribution in [0.5, 0.6) is 0 Å². The average Bonchev–Trinajstić information content (AvgIpc) is 2.91. The molecule has 0 atom stereocenters. The first-order valence-corrected chi connectivity index (χ1v) is 8.52. The van der Waals surface area contributed by atoms with Gasteiger partial charge in [0.05, 0.1) is 24.0 Å². The molecule has 0 bridgehead atoms. The molecule has 2 aromatic rings. The Kier molecular flexibility index (Phi) is 5.48. The maximum Gasteiger partial charge on any atom is 0.0675 e. The first-order valence-electron chi connectivity index (χ1n) is 8.52. The predicted molar refractivity (Wildman–Crippen MR) is 94.4 cm³/mol. The summed E-state index contributed by atoms with van der Waals surface area (Å²) in [6, 6.07) is 2.57. The Morgan fingerprint density at radius 1 is 1.29 bits per heavy atom. The van der Waals surface area contributed by atoms with Crippen molar-refractivity contribution in [3.05, 3.63) is 29.8 Å². The maximum absolute atomic E-state index is 5.48. The van der Waals surface area contributed by atoms with Gasteiger partial charge >= 0.3 is 0 Å². The van der Waals surface area contributed by atoms with Crippen LogP contribution < -0.4 is 5.32 Å². The van der Waals surface area contributed by atoms with Crippen LogP contribution in [0.25, 0.3) is 11.1 Å². The van der Waals surface area contributed by atoms with Crippen molar-refractivity contribution in [3.63, 3.8) is 0 Å². The third-order valence-corrected chi connectivity index (χ3v) is 4.52. The zero-order valence-electron chi connectivity index (χ0n) is 14.7. The van der Waals surface area contributed by atoms with E-state index < -0.39 is 0 Å². The summed E-state index contributed by atoms with van der Waals surface area (Å²) in [6.07, 6.45) is 5.80. The minimum atomic E-state index is 0.433. The van der Waals surface area contributed by atoms with Crippen LogP contribution in [0.15, 0.2) is 18.5 Å². The van der Waals surface area contributed by atoms with E-state index >= 15 is 0 Å². The SMILES string of the molecule is COCCNc1cncc(-c2c(C)nn(C3CCOCC3)c2C)c1. The van der Waals surface area contributed by atoms with E-state index in [-0.39, 0.29) is 0 Å². The van der Waals surface area contributed by atoms with Crippen LogP contribution in [0, 0.1) is 13.8 Å². The molecular weight excluding hydrogens is 304 g/mol. The lowest BCUT2D eigenvalue weighted by molar-refractivity contribution is 0.0656. The summed E-state index contributed by atoms with van der Waals surface area (Å²) in [5, 5.41) is 8.14. The van der Waals surface area contributed by atoms with Crippen LogP contribution in [0.2, 0.25) is 0 Å². The summed E-state index contributed by atoms with van der Waals surface area (Å²) in [6.45, 7) is 7.29. The Morgan fingerprint density at radius 2 is 2.08 bits per heavy atom. The molecule has 1 saturated heterocycles. The molecule has 0 spiro atoms. The van der Waals surface area contributed by atoms with Crippen LogP contribution >= 0.6 is 0 Å². The average molecular weight is 330 g/mol. The Bertz CT molecular complexity index is 678. The van der Waals surface area contributed by atoms with Crippen molar-refractivity contribution in [1.29, 1.82) is 0 Å². The van der Waals surface area contributed by atoms with Crippen molar-refractivity contribution in [3.8, 4) is 11.1 Å². The lowest BCUT2D eigenvalue weighted by Gasteiger charge is -2.23. The number of anilines is 1. The summed E-state index contributed by atoms with van der Waals surface area (Å²) >= 11 is 0. The molecule has 0 aliphatic carbocycles. The number of ether oxygens (including phenoxy) is 2. The fraction of sp³-hybridized carbons (Fsp3) is 0.556. The second-order valence-electron chi connectivity index (χ2n) is 6.22. The second kappa shape index (κ2) is 7.77. The number of pyridine rings is 1. The summed E-state index contributed by atoms with van der Waals surface area (Å²) in [7, 11) is 1.70. The highest BCUT2D eigenvalue weighted by molar-refractivity contribution is 5.70. The minimum absolute atomic E-state index is 0.433. The van der Waals surface area contributed by atoms with E-state index in [1.807, 2.05) is 12.4 Å². The molecule has 6 nitrogen and oxygen atoms in total. The zero-order valence-corrected chi connectivity index (χ0v) is 14.7. The zero-order chi connectivity index (χ0) is 16.9. The van der Waals surface area contributed by atoms with E-state index in [2.05, 4.69) is 34.9 Å². The molecule has 6 heteroatoms. The maximum atomic E-state index is 5.48. The summed E-state index contributed by atoms with van der Waals surface area (Å²) in [4.78, 5) is 4.38. The highest BCUT2D eigenvalue weighted by atomic mass is 16.5. The van der Waals surface area contributed by atoms with Gasteiger partial charge in [-0.1, -0.05) is 0 Å². The van der Waals surface area contributed by atoms with Crippen molar-refractivity contribution in [2.75, 3.05) is 38.8 Å². The molecule has 0 aromatic carbocycles. The molecule has 3 rings (SSSR count). The Labute approximate surface area is 143 Å². The number of hydrogen-bond acceptors (Lipinski definition) is 5. The number of rotatable bonds is 6. The van der Waals surface area contributed by atoms with E-state index in [1.54, 1.807) is 7.11 Å². The van der Waals surface area contributed by atoms with Gasteiger partial charge in [0, 0.05) is 56.1 Å². The van der Waals surface area contributed by atoms with Gasteiger partial charge in [-0.3, -0.25) is 9.67 Å². The molecule has 1 aliphatic rings. The number of nitrogens with zero attached hydrogens (tertiary/aromatic N) is 3.